The lowest BCUT2D eigenvalue weighted by Crippen LogP contribution is -2.41. The Hall–Kier alpha value is -1.56. The van der Waals surface area contributed by atoms with Crippen molar-refractivity contribution in [1.82, 2.24) is 14.7 Å². The Bertz CT molecular complexity index is 400. The molecule has 1 atom stereocenters. The Balaban J connectivity index is 1.90. The first-order chi connectivity index (χ1) is 8.20. The largest absolute Gasteiger partial charge is 0.409 e. The Morgan fingerprint density at radius 3 is 3.18 bits per heavy atom. The van der Waals surface area contributed by atoms with Gasteiger partial charge in [-0.3, -0.25) is 9.58 Å². The van der Waals surface area contributed by atoms with Gasteiger partial charge in [-0.15, -0.1) is 0 Å². The van der Waals surface area contributed by atoms with Crippen LogP contribution in [0.3, 0.4) is 0 Å². The molecule has 0 aliphatic carbocycles. The standard InChI is InChI=1S/C11H19N5O/c1-15-8-9(7-13-15)4-6-16-5-2-3-10(16)11(12)14-17/h7-8,10,17H,2-6H2,1H3,(H2,12,14). The summed E-state index contributed by atoms with van der Waals surface area (Å²) in [5.74, 6) is 0.327. The third-order valence-electron chi connectivity index (χ3n) is 3.27. The summed E-state index contributed by atoms with van der Waals surface area (Å²) < 4.78 is 1.81. The fourth-order valence-corrected chi connectivity index (χ4v) is 2.37. The van der Waals surface area contributed by atoms with E-state index < -0.39 is 0 Å². The van der Waals surface area contributed by atoms with Crippen LogP contribution in [0.5, 0.6) is 0 Å². The number of nitrogens with two attached hydrogens (primary N) is 1. The van der Waals surface area contributed by atoms with E-state index in [0.29, 0.717) is 5.84 Å². The van der Waals surface area contributed by atoms with Crippen LogP contribution < -0.4 is 5.73 Å². The van der Waals surface area contributed by atoms with Crippen molar-refractivity contribution in [2.45, 2.75) is 25.3 Å². The van der Waals surface area contributed by atoms with Gasteiger partial charge in [-0.25, -0.2) is 0 Å². The molecule has 0 aromatic carbocycles. The monoisotopic (exact) mass is 237 g/mol. The molecule has 1 saturated heterocycles. The van der Waals surface area contributed by atoms with Crippen LogP contribution >= 0.6 is 0 Å². The Morgan fingerprint density at radius 2 is 2.53 bits per heavy atom. The average molecular weight is 237 g/mol. The van der Waals surface area contributed by atoms with E-state index in [1.54, 1.807) is 4.68 Å². The van der Waals surface area contributed by atoms with Crippen LogP contribution in [0.4, 0.5) is 0 Å². The van der Waals surface area contributed by atoms with Crippen molar-refractivity contribution in [3.63, 3.8) is 0 Å². The van der Waals surface area contributed by atoms with Crippen molar-refractivity contribution in [3.05, 3.63) is 18.0 Å². The van der Waals surface area contributed by atoms with Crippen molar-refractivity contribution in [2.24, 2.45) is 17.9 Å². The number of nitrogens with zero attached hydrogens (tertiary/aromatic N) is 4. The Morgan fingerprint density at radius 1 is 1.71 bits per heavy atom. The molecular weight excluding hydrogens is 218 g/mol. The van der Waals surface area contributed by atoms with Crippen LogP contribution in [-0.4, -0.2) is 44.9 Å². The normalized spacial score (nSPS) is 22.2. The minimum absolute atomic E-state index is 0.0941. The third kappa shape index (κ3) is 2.76. The van der Waals surface area contributed by atoms with E-state index in [0.717, 1.165) is 32.4 Å². The van der Waals surface area contributed by atoms with Gasteiger partial charge in [-0.2, -0.15) is 5.10 Å². The third-order valence-corrected chi connectivity index (χ3v) is 3.27. The molecule has 1 aromatic heterocycles. The van der Waals surface area contributed by atoms with Crippen molar-refractivity contribution in [3.8, 4) is 0 Å². The zero-order valence-corrected chi connectivity index (χ0v) is 10.1. The molecule has 1 fully saturated rings. The van der Waals surface area contributed by atoms with Crippen LogP contribution in [0.1, 0.15) is 18.4 Å². The van der Waals surface area contributed by atoms with Gasteiger partial charge in [-0.1, -0.05) is 5.16 Å². The highest BCUT2D eigenvalue weighted by atomic mass is 16.4. The summed E-state index contributed by atoms with van der Waals surface area (Å²) in [7, 11) is 1.92. The summed E-state index contributed by atoms with van der Waals surface area (Å²) in [6.07, 6.45) is 6.93. The van der Waals surface area contributed by atoms with E-state index in [9.17, 15) is 0 Å². The number of oxime groups is 1. The van der Waals surface area contributed by atoms with Gasteiger partial charge in [0.05, 0.1) is 12.2 Å². The molecule has 3 N–H and O–H groups in total. The second-order valence-electron chi connectivity index (χ2n) is 4.49. The highest BCUT2D eigenvalue weighted by Crippen LogP contribution is 2.17. The van der Waals surface area contributed by atoms with Gasteiger partial charge >= 0.3 is 0 Å². The molecule has 6 heteroatoms. The Kier molecular flexibility index (Phi) is 3.63. The number of hydrogen-bond donors (Lipinski definition) is 2. The zero-order valence-electron chi connectivity index (χ0n) is 10.1. The van der Waals surface area contributed by atoms with Crippen LogP contribution in [0, 0.1) is 0 Å². The van der Waals surface area contributed by atoms with Gasteiger partial charge < -0.3 is 10.9 Å². The first-order valence-electron chi connectivity index (χ1n) is 5.89. The van der Waals surface area contributed by atoms with E-state index in [-0.39, 0.29) is 6.04 Å². The van der Waals surface area contributed by atoms with Crippen LogP contribution in [0.25, 0.3) is 0 Å². The lowest BCUT2D eigenvalue weighted by molar-refractivity contribution is 0.282. The highest BCUT2D eigenvalue weighted by molar-refractivity contribution is 5.85. The lowest BCUT2D eigenvalue weighted by atomic mass is 10.2. The fraction of sp³-hybridized carbons (Fsp3) is 0.636. The van der Waals surface area contributed by atoms with Gasteiger partial charge in [0.15, 0.2) is 5.84 Å². The maximum absolute atomic E-state index is 8.72. The molecule has 0 radical (unpaired) electrons. The maximum atomic E-state index is 8.72. The van der Waals surface area contributed by atoms with Gasteiger partial charge in [0.2, 0.25) is 0 Å². The summed E-state index contributed by atoms with van der Waals surface area (Å²) in [5.41, 5.74) is 6.90. The summed E-state index contributed by atoms with van der Waals surface area (Å²) >= 11 is 0. The number of rotatable bonds is 4. The first kappa shape index (κ1) is 11.9. The van der Waals surface area contributed by atoms with E-state index in [2.05, 4.69) is 15.2 Å². The van der Waals surface area contributed by atoms with Crippen molar-refractivity contribution >= 4 is 5.84 Å². The molecule has 1 aliphatic rings. The number of likely N-dealkylation sites (tertiary alicyclic amines) is 1. The fourth-order valence-electron chi connectivity index (χ4n) is 2.37. The minimum Gasteiger partial charge on any atom is -0.409 e. The summed E-state index contributed by atoms with van der Waals surface area (Å²) in [6, 6.07) is 0.0941. The minimum atomic E-state index is 0.0941. The molecule has 17 heavy (non-hydrogen) atoms. The second kappa shape index (κ2) is 5.18. The number of hydrogen-bond acceptors (Lipinski definition) is 4. The van der Waals surface area contributed by atoms with Crippen molar-refractivity contribution in [1.29, 1.82) is 0 Å². The maximum Gasteiger partial charge on any atom is 0.156 e. The van der Waals surface area contributed by atoms with Gasteiger partial charge in [0, 0.05) is 19.8 Å². The highest BCUT2D eigenvalue weighted by Gasteiger charge is 2.27. The van der Waals surface area contributed by atoms with E-state index in [1.165, 1.54) is 5.56 Å². The summed E-state index contributed by atoms with van der Waals surface area (Å²) in [4.78, 5) is 2.27. The molecule has 0 spiro atoms. The molecular formula is C11H19N5O. The Labute approximate surface area is 101 Å². The number of aryl methyl sites for hydroxylation is 1. The van der Waals surface area contributed by atoms with E-state index >= 15 is 0 Å². The molecule has 0 saturated carbocycles. The summed E-state index contributed by atoms with van der Waals surface area (Å²) in [6.45, 7) is 1.94. The quantitative estimate of drug-likeness (QED) is 0.339. The van der Waals surface area contributed by atoms with Gasteiger partial charge in [-0.05, 0) is 31.4 Å². The average Bonchev–Trinajstić information content (AvgIpc) is 2.94. The van der Waals surface area contributed by atoms with Crippen molar-refractivity contribution in [2.75, 3.05) is 13.1 Å². The van der Waals surface area contributed by atoms with E-state index in [4.69, 9.17) is 10.9 Å². The molecule has 1 aliphatic heterocycles. The molecule has 0 bridgehead atoms. The molecule has 6 nitrogen and oxygen atoms in total. The molecule has 2 rings (SSSR count). The van der Waals surface area contributed by atoms with Crippen LogP contribution in [-0.2, 0) is 13.5 Å². The molecule has 2 heterocycles. The SMILES string of the molecule is Cn1cc(CCN2CCCC2/C(N)=N/O)cn1. The van der Waals surface area contributed by atoms with E-state index in [1.807, 2.05) is 19.4 Å². The number of aromatic nitrogens is 2. The molecule has 1 aromatic rings. The van der Waals surface area contributed by atoms with Crippen molar-refractivity contribution < 1.29 is 5.21 Å². The number of amidine groups is 1. The lowest BCUT2D eigenvalue weighted by Gasteiger charge is -2.22. The predicted octanol–water partition coefficient (Wildman–Crippen LogP) is 0.173. The van der Waals surface area contributed by atoms with Gasteiger partial charge in [0.25, 0.3) is 0 Å². The second-order valence-corrected chi connectivity index (χ2v) is 4.49. The molecule has 94 valence electrons. The topological polar surface area (TPSA) is 79.7 Å². The first-order valence-corrected chi connectivity index (χ1v) is 5.89. The van der Waals surface area contributed by atoms with Crippen LogP contribution in [0.2, 0.25) is 0 Å². The van der Waals surface area contributed by atoms with Gasteiger partial charge in [0.1, 0.15) is 0 Å². The summed E-state index contributed by atoms with van der Waals surface area (Å²) in [5, 5.41) is 16.0. The van der Waals surface area contributed by atoms with Crippen LogP contribution in [0.15, 0.2) is 17.5 Å². The smallest absolute Gasteiger partial charge is 0.156 e. The molecule has 1 unspecified atom stereocenters. The molecule has 0 amide bonds. The predicted molar refractivity (Wildman–Crippen MR) is 64.9 cm³/mol. The zero-order chi connectivity index (χ0) is 12.3.